The van der Waals surface area contributed by atoms with E-state index in [1.54, 1.807) is 0 Å². The summed E-state index contributed by atoms with van der Waals surface area (Å²) in [5, 5.41) is 12.3. The van der Waals surface area contributed by atoms with E-state index in [1.165, 1.54) is 16.7 Å². The normalized spacial score (nSPS) is 12.0. The molecular weight excluding hydrogens is 426 g/mol. The minimum absolute atomic E-state index is 0.702. The quantitative estimate of drug-likeness (QED) is 0.308. The van der Waals surface area contributed by atoms with Crippen LogP contribution in [0.3, 0.4) is 0 Å². The van der Waals surface area contributed by atoms with Crippen LogP contribution in [0.5, 0.6) is 0 Å². The van der Waals surface area contributed by atoms with E-state index in [2.05, 4.69) is 55.5 Å². The summed E-state index contributed by atoms with van der Waals surface area (Å²) in [5.74, 6) is 0. The first-order chi connectivity index (χ1) is 15.8. The minimum Gasteiger partial charge on any atom is -0.386 e. The molecule has 0 spiro atoms. The molecule has 4 rings (SSSR count). The molecule has 0 bridgehead atoms. The van der Waals surface area contributed by atoms with Gasteiger partial charge in [-0.25, -0.2) is 4.98 Å². The van der Waals surface area contributed by atoms with Crippen molar-refractivity contribution in [3.8, 4) is 0 Å². The average molecular weight is 456 g/mol. The third-order valence-corrected chi connectivity index (χ3v) is 6.22. The lowest BCUT2D eigenvalue weighted by atomic mass is 9.90. The van der Waals surface area contributed by atoms with E-state index in [1.807, 2.05) is 50.2 Å². The fourth-order valence-corrected chi connectivity index (χ4v) is 4.51. The molecule has 1 aromatic heterocycles. The molecule has 0 radical (unpaired) electrons. The number of aryl methyl sites for hydroxylation is 3. The Hall–Kier alpha value is -2.94. The van der Waals surface area contributed by atoms with Gasteiger partial charge in [0, 0.05) is 10.4 Å². The fourth-order valence-electron chi connectivity index (χ4n) is 4.34. The zero-order chi connectivity index (χ0) is 23.4. The molecule has 0 saturated carbocycles. The van der Waals surface area contributed by atoms with Gasteiger partial charge >= 0.3 is 0 Å². The highest BCUT2D eigenvalue weighted by molar-refractivity contribution is 6.31. The summed E-state index contributed by atoms with van der Waals surface area (Å²) in [7, 11) is 0. The zero-order valence-corrected chi connectivity index (χ0v) is 20.2. The van der Waals surface area contributed by atoms with Crippen LogP contribution in [0.25, 0.3) is 23.1 Å². The highest BCUT2D eigenvalue weighted by Gasteiger charge is 2.18. The van der Waals surface area contributed by atoms with Crippen LogP contribution in [-0.2, 0) is 18.4 Å². The molecule has 0 atom stereocenters. The van der Waals surface area contributed by atoms with E-state index in [4.69, 9.17) is 16.6 Å². The molecule has 0 fully saturated rings. The summed E-state index contributed by atoms with van der Waals surface area (Å²) >= 11 is 6.15. The standard InChI is InChI=1S/C30H30ClNO/c1-21-18-26(32-29-20-25(31)15-17-27(21)29)16-14-23-9-6-8-22(19-23)10-7-12-24-11-4-5-13-28(24)30(2,3)33/h4-6,8-9,11,13-20,33H,7,10,12H2,1-3H3/b16-14+. The molecule has 1 N–H and O–H groups in total. The van der Waals surface area contributed by atoms with Crippen LogP contribution in [0.1, 0.15) is 53.8 Å². The molecule has 3 heteroatoms. The number of rotatable bonds is 7. The van der Waals surface area contributed by atoms with Gasteiger partial charge in [0.1, 0.15) is 0 Å². The third-order valence-electron chi connectivity index (χ3n) is 5.98. The number of pyridine rings is 1. The summed E-state index contributed by atoms with van der Waals surface area (Å²) in [5.41, 5.74) is 6.93. The summed E-state index contributed by atoms with van der Waals surface area (Å²) in [4.78, 5) is 4.75. The first-order valence-electron chi connectivity index (χ1n) is 11.4. The predicted octanol–water partition coefficient (Wildman–Crippen LogP) is 7.77. The van der Waals surface area contributed by atoms with Crippen molar-refractivity contribution in [2.24, 2.45) is 0 Å². The summed E-state index contributed by atoms with van der Waals surface area (Å²) in [6.45, 7) is 5.80. The first kappa shape index (κ1) is 23.2. The number of nitrogens with zero attached hydrogens (tertiary/aromatic N) is 1. The van der Waals surface area contributed by atoms with Crippen LogP contribution in [-0.4, -0.2) is 10.1 Å². The Bertz CT molecular complexity index is 1300. The van der Waals surface area contributed by atoms with Crippen molar-refractivity contribution in [2.75, 3.05) is 0 Å². The van der Waals surface area contributed by atoms with Gasteiger partial charge in [-0.3, -0.25) is 0 Å². The molecule has 3 aromatic carbocycles. The molecule has 0 aliphatic rings. The van der Waals surface area contributed by atoms with Crippen molar-refractivity contribution in [3.05, 3.63) is 111 Å². The van der Waals surface area contributed by atoms with Crippen LogP contribution < -0.4 is 0 Å². The maximum atomic E-state index is 10.4. The Morgan fingerprint density at radius 3 is 2.55 bits per heavy atom. The van der Waals surface area contributed by atoms with E-state index < -0.39 is 5.60 Å². The molecule has 0 amide bonds. The third kappa shape index (κ3) is 5.90. The number of fused-ring (bicyclic) bond motifs is 1. The molecule has 1 heterocycles. The maximum absolute atomic E-state index is 10.4. The van der Waals surface area contributed by atoms with Crippen LogP contribution >= 0.6 is 11.6 Å². The van der Waals surface area contributed by atoms with Gasteiger partial charge in [-0.15, -0.1) is 0 Å². The van der Waals surface area contributed by atoms with Gasteiger partial charge in [0.2, 0.25) is 0 Å². The molecule has 168 valence electrons. The van der Waals surface area contributed by atoms with Crippen molar-refractivity contribution in [1.29, 1.82) is 0 Å². The second-order valence-corrected chi connectivity index (χ2v) is 9.61. The Labute approximate surface area is 201 Å². The molecule has 0 saturated heterocycles. The Balaban J connectivity index is 1.45. The van der Waals surface area contributed by atoms with Crippen molar-refractivity contribution >= 4 is 34.7 Å². The van der Waals surface area contributed by atoms with Gasteiger partial charge in [0.05, 0.1) is 16.8 Å². The van der Waals surface area contributed by atoms with Crippen LogP contribution in [0.4, 0.5) is 0 Å². The largest absolute Gasteiger partial charge is 0.386 e. The van der Waals surface area contributed by atoms with Crippen molar-refractivity contribution in [3.63, 3.8) is 0 Å². The highest BCUT2D eigenvalue weighted by atomic mass is 35.5. The summed E-state index contributed by atoms with van der Waals surface area (Å²) in [6, 6.07) is 24.8. The molecule has 33 heavy (non-hydrogen) atoms. The number of aliphatic hydroxyl groups is 1. The molecule has 0 unspecified atom stereocenters. The molecule has 2 nitrogen and oxygen atoms in total. The number of aromatic nitrogens is 1. The first-order valence-corrected chi connectivity index (χ1v) is 11.8. The topological polar surface area (TPSA) is 33.1 Å². The smallest absolute Gasteiger partial charge is 0.0843 e. The maximum Gasteiger partial charge on any atom is 0.0843 e. The second-order valence-electron chi connectivity index (χ2n) is 9.17. The fraction of sp³-hybridized carbons (Fsp3) is 0.233. The van der Waals surface area contributed by atoms with Crippen LogP contribution in [0, 0.1) is 6.92 Å². The summed E-state index contributed by atoms with van der Waals surface area (Å²) in [6.07, 6.45) is 7.15. The monoisotopic (exact) mass is 455 g/mol. The van der Waals surface area contributed by atoms with Gasteiger partial charge < -0.3 is 5.11 Å². The number of hydrogen-bond donors (Lipinski definition) is 1. The predicted molar refractivity (Wildman–Crippen MR) is 141 cm³/mol. The molecule has 0 aliphatic carbocycles. The highest BCUT2D eigenvalue weighted by Crippen LogP contribution is 2.25. The Morgan fingerprint density at radius 1 is 0.909 bits per heavy atom. The van der Waals surface area contributed by atoms with Crippen molar-refractivity contribution in [1.82, 2.24) is 4.98 Å². The minimum atomic E-state index is -0.818. The van der Waals surface area contributed by atoms with E-state index in [0.717, 1.165) is 47.0 Å². The Kier molecular flexibility index (Phi) is 6.97. The van der Waals surface area contributed by atoms with Gasteiger partial charge in [-0.05, 0) is 92.1 Å². The lowest BCUT2D eigenvalue weighted by molar-refractivity contribution is 0.0776. The van der Waals surface area contributed by atoms with Crippen molar-refractivity contribution in [2.45, 2.75) is 45.6 Å². The SMILES string of the molecule is Cc1cc(/C=C/c2cccc(CCCc3ccccc3C(C)(C)O)c2)nc2cc(Cl)ccc12. The lowest BCUT2D eigenvalue weighted by Crippen LogP contribution is -2.18. The number of hydrogen-bond acceptors (Lipinski definition) is 2. The zero-order valence-electron chi connectivity index (χ0n) is 19.5. The van der Waals surface area contributed by atoms with Gasteiger partial charge in [0.15, 0.2) is 0 Å². The second kappa shape index (κ2) is 9.91. The van der Waals surface area contributed by atoms with E-state index >= 15 is 0 Å². The Morgan fingerprint density at radius 2 is 1.73 bits per heavy atom. The average Bonchev–Trinajstić information content (AvgIpc) is 2.77. The van der Waals surface area contributed by atoms with Crippen molar-refractivity contribution < 1.29 is 5.11 Å². The number of benzene rings is 3. The van der Waals surface area contributed by atoms with E-state index in [9.17, 15) is 5.11 Å². The van der Waals surface area contributed by atoms with Gasteiger partial charge in [0.25, 0.3) is 0 Å². The van der Waals surface area contributed by atoms with E-state index in [-0.39, 0.29) is 0 Å². The molecule has 0 aliphatic heterocycles. The van der Waals surface area contributed by atoms with Crippen LogP contribution in [0.15, 0.2) is 72.8 Å². The lowest BCUT2D eigenvalue weighted by Gasteiger charge is -2.21. The van der Waals surface area contributed by atoms with Gasteiger partial charge in [-0.2, -0.15) is 0 Å². The van der Waals surface area contributed by atoms with Gasteiger partial charge in [-0.1, -0.05) is 72.3 Å². The number of halogens is 1. The molecule has 4 aromatic rings. The van der Waals surface area contributed by atoms with Crippen LogP contribution in [0.2, 0.25) is 5.02 Å². The summed E-state index contributed by atoms with van der Waals surface area (Å²) < 4.78 is 0. The van der Waals surface area contributed by atoms with E-state index in [0.29, 0.717) is 5.02 Å². The molecular formula is C30H30ClNO.